The number of carbonyl (C=O) groups is 3. The number of rotatable bonds is 6. The molecular formula is C17H23N3O3. The van der Waals surface area contributed by atoms with Crippen LogP contribution in [0.1, 0.15) is 37.0 Å². The van der Waals surface area contributed by atoms with Gasteiger partial charge in [-0.2, -0.15) is 0 Å². The molecule has 1 aromatic rings. The van der Waals surface area contributed by atoms with E-state index < -0.39 is 0 Å². The lowest BCUT2D eigenvalue weighted by molar-refractivity contribution is -0.124. The Morgan fingerprint density at radius 1 is 1.22 bits per heavy atom. The molecule has 0 aliphatic carbocycles. The fraction of sp³-hybridized carbons (Fsp3) is 0.471. The zero-order chi connectivity index (χ0) is 16.8. The first-order chi connectivity index (χ1) is 11.0. The number of carbonyl (C=O) groups excluding carboxylic acids is 3. The molecule has 2 rings (SSSR count). The van der Waals surface area contributed by atoms with Crippen LogP contribution in [0.4, 0.5) is 5.69 Å². The van der Waals surface area contributed by atoms with Crippen LogP contribution in [-0.4, -0.2) is 37.4 Å². The Kier molecular flexibility index (Phi) is 5.73. The van der Waals surface area contributed by atoms with E-state index in [1.165, 1.54) is 0 Å². The fourth-order valence-corrected chi connectivity index (χ4v) is 2.40. The van der Waals surface area contributed by atoms with E-state index in [9.17, 15) is 14.4 Å². The van der Waals surface area contributed by atoms with Crippen molar-refractivity contribution in [2.75, 3.05) is 24.5 Å². The van der Waals surface area contributed by atoms with E-state index in [2.05, 4.69) is 10.6 Å². The summed E-state index contributed by atoms with van der Waals surface area (Å²) in [6, 6.07) is 7.05. The summed E-state index contributed by atoms with van der Waals surface area (Å²) in [6.07, 6.45) is 1.41. The molecule has 6 nitrogen and oxygen atoms in total. The van der Waals surface area contributed by atoms with Crippen molar-refractivity contribution in [3.8, 4) is 0 Å². The molecule has 0 bridgehead atoms. The maximum absolute atomic E-state index is 12.1. The highest BCUT2D eigenvalue weighted by Gasteiger charge is 2.22. The minimum absolute atomic E-state index is 0.0335. The van der Waals surface area contributed by atoms with Crippen LogP contribution in [0.2, 0.25) is 0 Å². The Balaban J connectivity index is 1.87. The van der Waals surface area contributed by atoms with Crippen molar-refractivity contribution in [1.82, 2.24) is 10.6 Å². The predicted molar refractivity (Wildman–Crippen MR) is 88.2 cm³/mol. The first-order valence-corrected chi connectivity index (χ1v) is 7.95. The molecule has 1 aliphatic heterocycles. The molecule has 0 unspecified atom stereocenters. The molecule has 1 fully saturated rings. The zero-order valence-corrected chi connectivity index (χ0v) is 13.6. The number of nitrogens with one attached hydrogen (secondary N) is 2. The molecule has 3 amide bonds. The van der Waals surface area contributed by atoms with Crippen LogP contribution in [0.3, 0.4) is 0 Å². The third kappa shape index (κ3) is 4.55. The van der Waals surface area contributed by atoms with Gasteiger partial charge in [0.2, 0.25) is 11.8 Å². The van der Waals surface area contributed by atoms with Crippen LogP contribution in [0.5, 0.6) is 0 Å². The largest absolute Gasteiger partial charge is 0.354 e. The molecule has 1 heterocycles. The van der Waals surface area contributed by atoms with Crippen molar-refractivity contribution in [2.24, 2.45) is 5.92 Å². The molecular weight excluding hydrogens is 294 g/mol. The third-order valence-electron chi connectivity index (χ3n) is 3.73. The summed E-state index contributed by atoms with van der Waals surface area (Å²) in [5.41, 5.74) is 1.27. The number of amides is 3. The lowest BCUT2D eigenvalue weighted by atomic mass is 10.1. The van der Waals surface area contributed by atoms with E-state index in [-0.39, 0.29) is 23.6 Å². The molecule has 124 valence electrons. The van der Waals surface area contributed by atoms with Crippen molar-refractivity contribution in [2.45, 2.75) is 26.7 Å². The normalized spacial score (nSPS) is 14.2. The number of benzene rings is 1. The van der Waals surface area contributed by atoms with Gasteiger partial charge < -0.3 is 15.5 Å². The summed E-state index contributed by atoms with van der Waals surface area (Å²) < 4.78 is 0. The van der Waals surface area contributed by atoms with Crippen molar-refractivity contribution in [1.29, 1.82) is 0 Å². The van der Waals surface area contributed by atoms with Crippen LogP contribution in [-0.2, 0) is 9.59 Å². The summed E-state index contributed by atoms with van der Waals surface area (Å²) >= 11 is 0. The van der Waals surface area contributed by atoms with Crippen LogP contribution < -0.4 is 15.5 Å². The van der Waals surface area contributed by atoms with Crippen LogP contribution in [0, 0.1) is 5.92 Å². The van der Waals surface area contributed by atoms with Crippen molar-refractivity contribution < 1.29 is 14.4 Å². The Hall–Kier alpha value is -2.37. The van der Waals surface area contributed by atoms with Gasteiger partial charge in [0.1, 0.15) is 0 Å². The third-order valence-corrected chi connectivity index (χ3v) is 3.73. The summed E-state index contributed by atoms with van der Waals surface area (Å²) in [4.78, 5) is 37.0. The van der Waals surface area contributed by atoms with Gasteiger partial charge in [0, 0.05) is 43.2 Å². The highest BCUT2D eigenvalue weighted by atomic mass is 16.2. The van der Waals surface area contributed by atoms with Gasteiger partial charge in [-0.25, -0.2) is 0 Å². The van der Waals surface area contributed by atoms with Crippen molar-refractivity contribution in [3.63, 3.8) is 0 Å². The van der Waals surface area contributed by atoms with Gasteiger partial charge in [-0.1, -0.05) is 19.9 Å². The summed E-state index contributed by atoms with van der Waals surface area (Å²) in [5, 5.41) is 5.51. The number of hydrogen-bond donors (Lipinski definition) is 2. The number of hydrogen-bond acceptors (Lipinski definition) is 3. The topological polar surface area (TPSA) is 78.5 Å². The smallest absolute Gasteiger partial charge is 0.251 e. The second kappa shape index (κ2) is 7.76. The van der Waals surface area contributed by atoms with E-state index in [4.69, 9.17) is 0 Å². The Morgan fingerprint density at radius 3 is 2.61 bits per heavy atom. The Labute approximate surface area is 136 Å². The molecule has 1 aromatic carbocycles. The van der Waals surface area contributed by atoms with Gasteiger partial charge in [0.05, 0.1) is 0 Å². The standard InChI is InChI=1S/C17H23N3O3/c1-12(2)16(22)18-8-9-19-17(23)13-5-3-6-14(11-13)20-10-4-7-15(20)21/h3,5-6,11-12H,4,7-10H2,1-2H3,(H,18,22)(H,19,23). The Bertz CT molecular complexity index is 599. The first kappa shape index (κ1) is 17.0. The molecule has 2 N–H and O–H groups in total. The fourth-order valence-electron chi connectivity index (χ4n) is 2.40. The SMILES string of the molecule is CC(C)C(=O)NCCNC(=O)c1cccc(N2CCCC2=O)c1. The van der Waals surface area contributed by atoms with Gasteiger partial charge in [-0.05, 0) is 24.6 Å². The molecule has 0 radical (unpaired) electrons. The molecule has 0 atom stereocenters. The summed E-state index contributed by atoms with van der Waals surface area (Å²) in [6.45, 7) is 5.10. The second-order valence-corrected chi connectivity index (χ2v) is 5.90. The monoisotopic (exact) mass is 317 g/mol. The van der Waals surface area contributed by atoms with Gasteiger partial charge in [-0.15, -0.1) is 0 Å². The van der Waals surface area contributed by atoms with Crippen LogP contribution in [0.15, 0.2) is 24.3 Å². The average molecular weight is 317 g/mol. The highest BCUT2D eigenvalue weighted by molar-refractivity contribution is 5.99. The van der Waals surface area contributed by atoms with Crippen LogP contribution >= 0.6 is 0 Å². The van der Waals surface area contributed by atoms with E-state index in [1.807, 2.05) is 19.9 Å². The first-order valence-electron chi connectivity index (χ1n) is 7.95. The number of nitrogens with zero attached hydrogens (tertiary/aromatic N) is 1. The summed E-state index contributed by atoms with van der Waals surface area (Å²) in [5.74, 6) is -0.217. The van der Waals surface area contributed by atoms with Crippen LogP contribution in [0.25, 0.3) is 0 Å². The van der Waals surface area contributed by atoms with E-state index in [1.54, 1.807) is 23.1 Å². The molecule has 0 saturated carbocycles. The van der Waals surface area contributed by atoms with Crippen molar-refractivity contribution in [3.05, 3.63) is 29.8 Å². The lowest BCUT2D eigenvalue weighted by Gasteiger charge is -2.16. The van der Waals surface area contributed by atoms with E-state index in [0.717, 1.165) is 12.1 Å². The average Bonchev–Trinajstić information content (AvgIpc) is 2.97. The molecule has 0 aromatic heterocycles. The minimum atomic E-state index is -0.211. The van der Waals surface area contributed by atoms with Gasteiger partial charge in [-0.3, -0.25) is 14.4 Å². The molecule has 1 aliphatic rings. The lowest BCUT2D eigenvalue weighted by Crippen LogP contribution is -2.36. The van der Waals surface area contributed by atoms with E-state index in [0.29, 0.717) is 31.6 Å². The zero-order valence-electron chi connectivity index (χ0n) is 13.6. The summed E-state index contributed by atoms with van der Waals surface area (Å²) in [7, 11) is 0. The minimum Gasteiger partial charge on any atom is -0.354 e. The van der Waals surface area contributed by atoms with Crippen molar-refractivity contribution >= 4 is 23.4 Å². The maximum Gasteiger partial charge on any atom is 0.251 e. The maximum atomic E-state index is 12.1. The second-order valence-electron chi connectivity index (χ2n) is 5.90. The van der Waals surface area contributed by atoms with Gasteiger partial charge in [0.15, 0.2) is 0 Å². The van der Waals surface area contributed by atoms with Gasteiger partial charge in [0.25, 0.3) is 5.91 Å². The molecule has 6 heteroatoms. The van der Waals surface area contributed by atoms with Gasteiger partial charge >= 0.3 is 0 Å². The Morgan fingerprint density at radius 2 is 1.96 bits per heavy atom. The molecule has 1 saturated heterocycles. The predicted octanol–water partition coefficient (Wildman–Crippen LogP) is 1.32. The van der Waals surface area contributed by atoms with E-state index >= 15 is 0 Å². The quantitative estimate of drug-likeness (QED) is 0.777. The highest BCUT2D eigenvalue weighted by Crippen LogP contribution is 2.22. The molecule has 0 spiro atoms. The number of anilines is 1. The molecule has 23 heavy (non-hydrogen) atoms.